The Labute approximate surface area is 91.1 Å². The molecule has 66 valence electrons. The van der Waals surface area contributed by atoms with E-state index >= 15 is 0 Å². The van der Waals surface area contributed by atoms with Crippen LogP contribution in [0.15, 0.2) is 17.0 Å². The summed E-state index contributed by atoms with van der Waals surface area (Å²) in [6.07, 6.45) is 3.10. The first kappa shape index (κ1) is 8.98. The second-order valence-electron chi connectivity index (χ2n) is 2.08. The Hall–Kier alpha value is -0.590. The van der Waals surface area contributed by atoms with Crippen LogP contribution in [-0.2, 0) is 0 Å². The summed E-state index contributed by atoms with van der Waals surface area (Å²) in [5.74, 6) is 0. The highest BCUT2D eigenvalue weighted by Gasteiger charge is 2.09. The summed E-state index contributed by atoms with van der Waals surface area (Å²) in [5, 5.41) is 8.23. The molecule has 0 atom stereocenters. The van der Waals surface area contributed by atoms with Crippen LogP contribution in [0.5, 0.6) is 0 Å². The summed E-state index contributed by atoms with van der Waals surface area (Å²) in [7, 11) is 0. The van der Waals surface area contributed by atoms with Crippen LogP contribution in [0.25, 0.3) is 10.7 Å². The fourth-order valence-corrected chi connectivity index (χ4v) is 2.15. The van der Waals surface area contributed by atoms with Crippen LogP contribution in [0.3, 0.4) is 0 Å². The second kappa shape index (κ2) is 3.65. The largest absolute Gasteiger partial charge is 0.244 e. The molecule has 7 heteroatoms. The Morgan fingerprint density at radius 2 is 2.23 bits per heavy atom. The molecule has 0 amide bonds. The zero-order chi connectivity index (χ0) is 9.26. The molecule has 2 aromatic heterocycles. The van der Waals surface area contributed by atoms with E-state index in [4.69, 9.17) is 11.6 Å². The number of rotatable bonds is 1. The molecule has 0 radical (unpaired) electrons. The molecule has 0 aromatic carbocycles. The van der Waals surface area contributed by atoms with E-state index in [1.807, 2.05) is 0 Å². The molecule has 4 nitrogen and oxygen atoms in total. The Morgan fingerprint density at radius 3 is 2.85 bits per heavy atom. The van der Waals surface area contributed by atoms with Crippen LogP contribution >= 0.6 is 38.9 Å². The van der Waals surface area contributed by atoms with Gasteiger partial charge in [-0.1, -0.05) is 11.3 Å². The summed E-state index contributed by atoms with van der Waals surface area (Å²) in [5.41, 5.74) is 0.708. The monoisotopic (exact) mass is 276 g/mol. The van der Waals surface area contributed by atoms with Crippen molar-refractivity contribution in [1.82, 2.24) is 20.2 Å². The average molecular weight is 278 g/mol. The van der Waals surface area contributed by atoms with Crippen LogP contribution in [0, 0.1) is 0 Å². The van der Waals surface area contributed by atoms with Crippen molar-refractivity contribution in [2.75, 3.05) is 0 Å². The van der Waals surface area contributed by atoms with Gasteiger partial charge in [-0.3, -0.25) is 0 Å². The van der Waals surface area contributed by atoms with Crippen molar-refractivity contribution < 1.29 is 0 Å². The highest BCUT2D eigenvalue weighted by atomic mass is 79.9. The van der Waals surface area contributed by atoms with E-state index in [1.54, 1.807) is 6.20 Å². The van der Waals surface area contributed by atoms with Crippen molar-refractivity contribution in [3.63, 3.8) is 0 Å². The zero-order valence-corrected chi connectivity index (χ0v) is 9.27. The molecule has 0 aliphatic heterocycles. The molecule has 13 heavy (non-hydrogen) atoms. The minimum Gasteiger partial charge on any atom is -0.244 e. The third-order valence-electron chi connectivity index (χ3n) is 1.27. The highest BCUT2D eigenvalue weighted by molar-refractivity contribution is 9.10. The van der Waals surface area contributed by atoms with E-state index in [0.717, 1.165) is 4.47 Å². The van der Waals surface area contributed by atoms with Crippen molar-refractivity contribution in [3.05, 3.63) is 21.5 Å². The molecule has 0 saturated carbocycles. The Balaban J connectivity index is 2.52. The van der Waals surface area contributed by atoms with Crippen LogP contribution in [0.4, 0.5) is 0 Å². The van der Waals surface area contributed by atoms with Gasteiger partial charge in [-0.15, -0.1) is 10.2 Å². The van der Waals surface area contributed by atoms with Gasteiger partial charge >= 0.3 is 0 Å². The van der Waals surface area contributed by atoms with Crippen molar-refractivity contribution in [3.8, 4) is 10.7 Å². The summed E-state index contributed by atoms with van der Waals surface area (Å²) < 4.78 is 1.18. The number of nitrogens with zero attached hydrogens (tertiary/aromatic N) is 4. The minimum atomic E-state index is 0.403. The lowest BCUT2D eigenvalue weighted by Gasteiger charge is -1.94. The lowest BCUT2D eigenvalue weighted by Crippen LogP contribution is -1.85. The molecule has 2 aromatic rings. The molecule has 0 unspecified atom stereocenters. The molecule has 0 fully saturated rings. The van der Waals surface area contributed by atoms with Gasteiger partial charge in [0, 0.05) is 6.20 Å². The molecule has 0 N–H and O–H groups in total. The number of halogens is 2. The maximum Gasteiger partial charge on any atom is 0.207 e. The van der Waals surface area contributed by atoms with Gasteiger partial charge in [0.15, 0.2) is 5.01 Å². The predicted octanol–water partition coefficient (Wildman–Crippen LogP) is 2.41. The van der Waals surface area contributed by atoms with Gasteiger partial charge in [0.2, 0.25) is 4.47 Å². The summed E-state index contributed by atoms with van der Waals surface area (Å²) in [6.45, 7) is 0. The van der Waals surface area contributed by atoms with E-state index in [-0.39, 0.29) is 0 Å². The van der Waals surface area contributed by atoms with Crippen LogP contribution in [0.1, 0.15) is 0 Å². The summed E-state index contributed by atoms with van der Waals surface area (Å²) in [6, 6.07) is 0. The highest BCUT2D eigenvalue weighted by Crippen LogP contribution is 2.28. The maximum atomic E-state index is 5.65. The molecule has 2 rings (SSSR count). The van der Waals surface area contributed by atoms with E-state index in [1.165, 1.54) is 17.7 Å². The first-order chi connectivity index (χ1) is 6.27. The SMILES string of the molecule is Clc1nnc(-c2ncncc2Br)s1. The third-order valence-corrected chi connectivity index (χ3v) is 2.88. The van der Waals surface area contributed by atoms with E-state index in [2.05, 4.69) is 36.1 Å². The fourth-order valence-electron chi connectivity index (χ4n) is 0.771. The van der Waals surface area contributed by atoms with Gasteiger partial charge in [0.05, 0.1) is 4.47 Å². The van der Waals surface area contributed by atoms with Crippen molar-refractivity contribution in [2.45, 2.75) is 0 Å². The van der Waals surface area contributed by atoms with Gasteiger partial charge < -0.3 is 0 Å². The zero-order valence-electron chi connectivity index (χ0n) is 6.11. The van der Waals surface area contributed by atoms with Crippen molar-refractivity contribution in [1.29, 1.82) is 0 Å². The normalized spacial score (nSPS) is 10.3. The predicted molar refractivity (Wildman–Crippen MR) is 53.6 cm³/mol. The fraction of sp³-hybridized carbons (Fsp3) is 0. The molecule has 0 aliphatic carbocycles. The quantitative estimate of drug-likeness (QED) is 0.803. The Morgan fingerprint density at radius 1 is 1.38 bits per heavy atom. The third kappa shape index (κ3) is 1.84. The number of hydrogen-bond donors (Lipinski definition) is 0. The number of aromatic nitrogens is 4. The molecule has 0 bridgehead atoms. The van der Waals surface area contributed by atoms with E-state index in [0.29, 0.717) is 15.2 Å². The summed E-state index contributed by atoms with van der Waals surface area (Å²) >= 11 is 10.2. The average Bonchev–Trinajstić information content (AvgIpc) is 2.53. The Bertz CT molecular complexity index is 432. The first-order valence-electron chi connectivity index (χ1n) is 3.22. The van der Waals surface area contributed by atoms with Gasteiger partial charge in [0.1, 0.15) is 12.0 Å². The van der Waals surface area contributed by atoms with E-state index < -0.39 is 0 Å². The maximum absolute atomic E-state index is 5.65. The van der Waals surface area contributed by atoms with Gasteiger partial charge in [0.25, 0.3) is 0 Å². The van der Waals surface area contributed by atoms with Crippen LogP contribution in [-0.4, -0.2) is 20.2 Å². The molecule has 0 saturated heterocycles. The second-order valence-corrected chi connectivity index (χ2v) is 4.49. The lowest BCUT2D eigenvalue weighted by molar-refractivity contribution is 1.07. The molecular weight excluding hydrogens is 276 g/mol. The van der Waals surface area contributed by atoms with Gasteiger partial charge in [-0.25, -0.2) is 9.97 Å². The van der Waals surface area contributed by atoms with Gasteiger partial charge in [-0.2, -0.15) is 0 Å². The molecular formula is C6H2BrClN4S. The molecule has 0 spiro atoms. The summed E-state index contributed by atoms with van der Waals surface area (Å²) in [4.78, 5) is 7.90. The van der Waals surface area contributed by atoms with Gasteiger partial charge in [-0.05, 0) is 27.5 Å². The Kier molecular flexibility index (Phi) is 2.52. The molecule has 2 heterocycles. The minimum absolute atomic E-state index is 0.403. The standard InChI is InChI=1S/C6H2BrClN4S/c7-3-1-9-2-10-4(3)5-11-12-6(8)13-5/h1-2H. The first-order valence-corrected chi connectivity index (χ1v) is 5.21. The van der Waals surface area contributed by atoms with Crippen LogP contribution in [0.2, 0.25) is 4.47 Å². The van der Waals surface area contributed by atoms with Crippen molar-refractivity contribution >= 4 is 38.9 Å². The lowest BCUT2D eigenvalue weighted by atomic mass is 10.4. The topological polar surface area (TPSA) is 51.6 Å². The van der Waals surface area contributed by atoms with Crippen molar-refractivity contribution in [2.24, 2.45) is 0 Å². The van der Waals surface area contributed by atoms with E-state index in [9.17, 15) is 0 Å². The van der Waals surface area contributed by atoms with Crippen LogP contribution < -0.4 is 0 Å². The number of hydrogen-bond acceptors (Lipinski definition) is 5. The smallest absolute Gasteiger partial charge is 0.207 e. The molecule has 0 aliphatic rings.